The van der Waals surface area contributed by atoms with Gasteiger partial charge in [0.15, 0.2) is 0 Å². The van der Waals surface area contributed by atoms with Gasteiger partial charge < -0.3 is 10.1 Å². The average Bonchev–Trinajstić information content (AvgIpc) is 2.95. The number of nitrogens with one attached hydrogen (secondary N) is 1. The highest BCUT2D eigenvalue weighted by atomic mass is 32.1. The van der Waals surface area contributed by atoms with Crippen LogP contribution in [0.2, 0.25) is 0 Å². The first-order chi connectivity index (χ1) is 8.29. The summed E-state index contributed by atoms with van der Waals surface area (Å²) < 4.78 is 5.76. The van der Waals surface area contributed by atoms with Crippen LogP contribution in [-0.2, 0) is 4.74 Å². The average molecular weight is 253 g/mol. The molecule has 2 atom stereocenters. The van der Waals surface area contributed by atoms with Gasteiger partial charge in [0.2, 0.25) is 0 Å². The summed E-state index contributed by atoms with van der Waals surface area (Å²) in [5, 5.41) is 5.94. The molecule has 0 saturated carbocycles. The maximum absolute atomic E-state index is 5.76. The van der Waals surface area contributed by atoms with Gasteiger partial charge in [-0.15, -0.1) is 11.3 Å². The molecule has 0 bridgehead atoms. The Balaban J connectivity index is 1.96. The van der Waals surface area contributed by atoms with Crippen LogP contribution in [0.4, 0.5) is 0 Å². The minimum absolute atomic E-state index is 0.463. The molecule has 2 nitrogen and oxygen atoms in total. The van der Waals surface area contributed by atoms with Crippen LogP contribution in [0.1, 0.15) is 49.1 Å². The zero-order valence-electron chi connectivity index (χ0n) is 10.9. The molecule has 1 fully saturated rings. The summed E-state index contributed by atoms with van der Waals surface area (Å²) in [7, 11) is 0. The van der Waals surface area contributed by atoms with E-state index in [1.165, 1.54) is 29.7 Å². The second-order valence-corrected chi connectivity index (χ2v) is 5.98. The van der Waals surface area contributed by atoms with Gasteiger partial charge in [0, 0.05) is 17.5 Å². The molecule has 1 aliphatic rings. The number of thiophene rings is 1. The zero-order valence-corrected chi connectivity index (χ0v) is 11.7. The van der Waals surface area contributed by atoms with Crippen LogP contribution in [0.15, 0.2) is 11.4 Å². The molecule has 1 aromatic rings. The van der Waals surface area contributed by atoms with E-state index in [1.54, 1.807) is 0 Å². The van der Waals surface area contributed by atoms with Gasteiger partial charge in [0.25, 0.3) is 0 Å². The number of rotatable bonds is 6. The first-order valence-electron chi connectivity index (χ1n) is 6.69. The Morgan fingerprint density at radius 1 is 1.59 bits per heavy atom. The van der Waals surface area contributed by atoms with Crippen LogP contribution < -0.4 is 5.32 Å². The van der Waals surface area contributed by atoms with E-state index >= 15 is 0 Å². The van der Waals surface area contributed by atoms with Crippen LogP contribution in [-0.4, -0.2) is 19.3 Å². The third-order valence-corrected chi connectivity index (χ3v) is 4.20. The molecule has 0 amide bonds. The molecule has 96 valence electrons. The van der Waals surface area contributed by atoms with Gasteiger partial charge in [-0.25, -0.2) is 0 Å². The Kier molecular flexibility index (Phi) is 5.01. The Morgan fingerprint density at radius 3 is 3.06 bits per heavy atom. The summed E-state index contributed by atoms with van der Waals surface area (Å²) in [5.74, 6) is 0. The third-order valence-electron chi connectivity index (χ3n) is 3.32. The highest BCUT2D eigenvalue weighted by Gasteiger charge is 2.22. The fraction of sp³-hybridized carbons (Fsp3) is 0.714. The molecule has 1 aromatic heterocycles. The predicted octanol–water partition coefficient (Wildman–Crippen LogP) is 3.67. The van der Waals surface area contributed by atoms with E-state index < -0.39 is 0 Å². The summed E-state index contributed by atoms with van der Waals surface area (Å²) in [6, 6.07) is 2.79. The van der Waals surface area contributed by atoms with Crippen molar-refractivity contribution in [2.24, 2.45) is 0 Å². The SMILES string of the molecule is CCCNC(CC1CCCO1)c1csc(C)c1. The van der Waals surface area contributed by atoms with Crippen molar-refractivity contribution in [3.05, 3.63) is 21.9 Å². The molecule has 0 aromatic carbocycles. The number of hydrogen-bond acceptors (Lipinski definition) is 3. The van der Waals surface area contributed by atoms with Crippen LogP contribution in [0.25, 0.3) is 0 Å². The van der Waals surface area contributed by atoms with Crippen molar-refractivity contribution in [1.29, 1.82) is 0 Å². The maximum Gasteiger partial charge on any atom is 0.0594 e. The van der Waals surface area contributed by atoms with Crippen LogP contribution in [0, 0.1) is 6.92 Å². The van der Waals surface area contributed by atoms with Crippen LogP contribution in [0.3, 0.4) is 0 Å². The number of ether oxygens (including phenoxy) is 1. The number of hydrogen-bond donors (Lipinski definition) is 1. The van der Waals surface area contributed by atoms with Crippen molar-refractivity contribution in [1.82, 2.24) is 5.32 Å². The minimum atomic E-state index is 0.463. The van der Waals surface area contributed by atoms with E-state index in [2.05, 4.69) is 30.6 Å². The lowest BCUT2D eigenvalue weighted by atomic mass is 10.0. The normalized spacial score (nSPS) is 21.9. The smallest absolute Gasteiger partial charge is 0.0594 e. The fourth-order valence-corrected chi connectivity index (χ4v) is 3.15. The van der Waals surface area contributed by atoms with E-state index in [9.17, 15) is 0 Å². The van der Waals surface area contributed by atoms with Gasteiger partial charge in [-0.3, -0.25) is 0 Å². The molecule has 1 N–H and O–H groups in total. The lowest BCUT2D eigenvalue weighted by molar-refractivity contribution is 0.0946. The van der Waals surface area contributed by atoms with Gasteiger partial charge >= 0.3 is 0 Å². The quantitative estimate of drug-likeness (QED) is 0.835. The number of aryl methyl sites for hydroxylation is 1. The van der Waals surface area contributed by atoms with Crippen molar-refractivity contribution in [3.8, 4) is 0 Å². The van der Waals surface area contributed by atoms with Gasteiger partial charge in [-0.05, 0) is 56.2 Å². The minimum Gasteiger partial charge on any atom is -0.378 e. The molecular formula is C14H23NOS. The first-order valence-corrected chi connectivity index (χ1v) is 7.57. The molecule has 2 rings (SSSR count). The van der Waals surface area contributed by atoms with Crippen molar-refractivity contribution < 1.29 is 4.74 Å². The van der Waals surface area contributed by atoms with Gasteiger partial charge in [0.1, 0.15) is 0 Å². The van der Waals surface area contributed by atoms with Gasteiger partial charge in [-0.2, -0.15) is 0 Å². The van der Waals surface area contributed by atoms with E-state index in [-0.39, 0.29) is 0 Å². The molecule has 0 spiro atoms. The molecular weight excluding hydrogens is 230 g/mol. The van der Waals surface area contributed by atoms with Gasteiger partial charge in [-0.1, -0.05) is 6.92 Å². The molecule has 1 saturated heterocycles. The van der Waals surface area contributed by atoms with E-state index in [0.717, 1.165) is 19.6 Å². The molecule has 1 aliphatic heterocycles. The molecule has 0 radical (unpaired) electrons. The summed E-state index contributed by atoms with van der Waals surface area (Å²) in [4.78, 5) is 1.40. The van der Waals surface area contributed by atoms with Crippen molar-refractivity contribution in [2.45, 2.75) is 51.7 Å². The third kappa shape index (κ3) is 3.80. The first kappa shape index (κ1) is 13.1. The lowest BCUT2D eigenvalue weighted by Crippen LogP contribution is -2.25. The summed E-state index contributed by atoms with van der Waals surface area (Å²) in [5.41, 5.74) is 1.44. The van der Waals surface area contributed by atoms with E-state index in [4.69, 9.17) is 4.74 Å². The Hall–Kier alpha value is -0.380. The van der Waals surface area contributed by atoms with Gasteiger partial charge in [0.05, 0.1) is 6.10 Å². The topological polar surface area (TPSA) is 21.3 Å². The van der Waals surface area contributed by atoms with E-state index in [1.807, 2.05) is 11.3 Å². The zero-order chi connectivity index (χ0) is 12.1. The van der Waals surface area contributed by atoms with Crippen molar-refractivity contribution >= 4 is 11.3 Å². The summed E-state index contributed by atoms with van der Waals surface area (Å²) >= 11 is 1.84. The largest absolute Gasteiger partial charge is 0.378 e. The van der Waals surface area contributed by atoms with Crippen molar-refractivity contribution in [3.63, 3.8) is 0 Å². The summed E-state index contributed by atoms with van der Waals surface area (Å²) in [6.07, 6.45) is 5.23. The monoisotopic (exact) mass is 253 g/mol. The Labute approximate surface area is 108 Å². The Morgan fingerprint density at radius 2 is 2.47 bits per heavy atom. The second kappa shape index (κ2) is 6.53. The van der Waals surface area contributed by atoms with Crippen molar-refractivity contribution in [2.75, 3.05) is 13.2 Å². The second-order valence-electron chi connectivity index (χ2n) is 4.87. The standard InChI is InChI=1S/C14H23NOS/c1-3-6-15-14(9-13-5-4-7-16-13)12-8-11(2)17-10-12/h8,10,13-15H,3-7,9H2,1-2H3. The van der Waals surface area contributed by atoms with E-state index in [0.29, 0.717) is 12.1 Å². The maximum atomic E-state index is 5.76. The fourth-order valence-electron chi connectivity index (χ4n) is 2.40. The molecule has 2 heterocycles. The molecule has 2 unspecified atom stereocenters. The lowest BCUT2D eigenvalue weighted by Gasteiger charge is -2.21. The highest BCUT2D eigenvalue weighted by molar-refractivity contribution is 7.10. The highest BCUT2D eigenvalue weighted by Crippen LogP contribution is 2.28. The van der Waals surface area contributed by atoms with Crippen LogP contribution >= 0.6 is 11.3 Å². The predicted molar refractivity (Wildman–Crippen MR) is 73.7 cm³/mol. The summed E-state index contributed by atoms with van der Waals surface area (Å²) in [6.45, 7) is 6.44. The molecule has 17 heavy (non-hydrogen) atoms. The molecule has 3 heteroatoms. The Bertz CT molecular complexity index is 331. The molecule has 0 aliphatic carbocycles. The van der Waals surface area contributed by atoms with Crippen LogP contribution in [0.5, 0.6) is 0 Å².